The molecule has 1 saturated heterocycles. The first-order valence-electron chi connectivity index (χ1n) is 6.75. The average Bonchev–Trinajstić information content (AvgIpc) is 2.85. The van der Waals surface area contributed by atoms with E-state index in [0.29, 0.717) is 10.8 Å². The Morgan fingerprint density at radius 2 is 1.64 bits per heavy atom. The molecule has 3 rings (SSSR count). The van der Waals surface area contributed by atoms with Gasteiger partial charge in [-0.2, -0.15) is 0 Å². The van der Waals surface area contributed by atoms with Gasteiger partial charge in [0.25, 0.3) is 11.8 Å². The standard InChI is InChI=1S/C16H13NO5/c1-21-13-9-11-5-3-2-4-10(11)8-12(13)16(20)22-17-14(18)6-7-15(17)19/h2-5,8-9H,6-7H2,1H3. The molecule has 2 amide bonds. The van der Waals surface area contributed by atoms with Crippen molar-refractivity contribution in [1.82, 2.24) is 5.06 Å². The van der Waals surface area contributed by atoms with Gasteiger partial charge in [0.2, 0.25) is 0 Å². The maximum atomic E-state index is 12.3. The van der Waals surface area contributed by atoms with E-state index < -0.39 is 17.8 Å². The van der Waals surface area contributed by atoms with E-state index in [1.54, 1.807) is 12.1 Å². The molecule has 1 heterocycles. The van der Waals surface area contributed by atoms with Gasteiger partial charge in [0.1, 0.15) is 11.3 Å². The zero-order chi connectivity index (χ0) is 15.7. The van der Waals surface area contributed by atoms with Crippen LogP contribution in [0.25, 0.3) is 10.8 Å². The van der Waals surface area contributed by atoms with Gasteiger partial charge in [-0.15, -0.1) is 5.06 Å². The molecule has 0 radical (unpaired) electrons. The molecule has 1 fully saturated rings. The quantitative estimate of drug-likeness (QED) is 0.811. The van der Waals surface area contributed by atoms with Crippen LogP contribution in [0, 0.1) is 0 Å². The van der Waals surface area contributed by atoms with Crippen LogP contribution in [-0.4, -0.2) is 30.0 Å². The van der Waals surface area contributed by atoms with Crippen molar-refractivity contribution in [2.45, 2.75) is 12.8 Å². The Balaban J connectivity index is 1.96. The number of methoxy groups -OCH3 is 1. The predicted molar refractivity (Wildman–Crippen MR) is 77.0 cm³/mol. The van der Waals surface area contributed by atoms with Crippen LogP contribution in [0.4, 0.5) is 0 Å². The molecule has 0 spiro atoms. The fraction of sp³-hybridized carbons (Fsp3) is 0.188. The number of carbonyl (C=O) groups excluding carboxylic acids is 3. The number of hydroxylamine groups is 2. The van der Waals surface area contributed by atoms with Crippen molar-refractivity contribution in [2.24, 2.45) is 0 Å². The molecule has 0 aliphatic carbocycles. The summed E-state index contributed by atoms with van der Waals surface area (Å²) in [6, 6.07) is 10.8. The molecule has 0 atom stereocenters. The summed E-state index contributed by atoms with van der Waals surface area (Å²) in [6.07, 6.45) is 0.113. The number of carbonyl (C=O) groups is 3. The lowest BCUT2D eigenvalue weighted by Gasteiger charge is -2.14. The summed E-state index contributed by atoms with van der Waals surface area (Å²) in [5.41, 5.74) is 0.161. The van der Waals surface area contributed by atoms with Gasteiger partial charge in [-0.3, -0.25) is 9.59 Å². The maximum Gasteiger partial charge on any atom is 0.367 e. The predicted octanol–water partition coefficient (Wildman–Crippen LogP) is 2.07. The number of rotatable bonds is 3. The highest BCUT2D eigenvalue weighted by molar-refractivity contribution is 6.04. The van der Waals surface area contributed by atoms with E-state index in [1.165, 1.54) is 7.11 Å². The van der Waals surface area contributed by atoms with Gasteiger partial charge in [0.05, 0.1) is 7.11 Å². The topological polar surface area (TPSA) is 72.9 Å². The second-order valence-electron chi connectivity index (χ2n) is 4.86. The van der Waals surface area contributed by atoms with Crippen LogP contribution in [0.1, 0.15) is 23.2 Å². The summed E-state index contributed by atoms with van der Waals surface area (Å²) in [7, 11) is 1.44. The minimum absolute atomic E-state index is 0.0565. The molecule has 1 aliphatic rings. The van der Waals surface area contributed by atoms with Crippen molar-refractivity contribution in [2.75, 3.05) is 7.11 Å². The fourth-order valence-electron chi connectivity index (χ4n) is 2.34. The lowest BCUT2D eigenvalue weighted by atomic mass is 10.1. The van der Waals surface area contributed by atoms with Crippen molar-refractivity contribution < 1.29 is 24.0 Å². The normalized spacial score (nSPS) is 14.5. The zero-order valence-electron chi connectivity index (χ0n) is 11.9. The third kappa shape index (κ3) is 2.39. The van der Waals surface area contributed by atoms with Gasteiger partial charge in [-0.1, -0.05) is 24.3 Å². The highest BCUT2D eigenvalue weighted by Crippen LogP contribution is 2.27. The Kier molecular flexibility index (Phi) is 3.50. The van der Waals surface area contributed by atoms with Gasteiger partial charge in [0, 0.05) is 12.8 Å². The fourth-order valence-corrected chi connectivity index (χ4v) is 2.34. The summed E-state index contributed by atoms with van der Waals surface area (Å²) in [5.74, 6) is -1.51. The molecule has 0 unspecified atom stereocenters. The second kappa shape index (κ2) is 5.48. The number of nitrogens with zero attached hydrogens (tertiary/aromatic N) is 1. The van der Waals surface area contributed by atoms with E-state index >= 15 is 0 Å². The van der Waals surface area contributed by atoms with Crippen LogP contribution in [0.15, 0.2) is 36.4 Å². The van der Waals surface area contributed by atoms with Gasteiger partial charge in [-0.05, 0) is 22.9 Å². The Morgan fingerprint density at radius 3 is 2.23 bits per heavy atom. The number of fused-ring (bicyclic) bond motifs is 1. The smallest absolute Gasteiger partial charge is 0.367 e. The van der Waals surface area contributed by atoms with Crippen LogP contribution in [-0.2, 0) is 14.4 Å². The van der Waals surface area contributed by atoms with Gasteiger partial charge in [-0.25, -0.2) is 4.79 Å². The monoisotopic (exact) mass is 299 g/mol. The first-order valence-corrected chi connectivity index (χ1v) is 6.75. The SMILES string of the molecule is COc1cc2ccccc2cc1C(=O)ON1C(=O)CCC1=O. The van der Waals surface area contributed by atoms with Crippen LogP contribution < -0.4 is 4.74 Å². The van der Waals surface area contributed by atoms with E-state index in [2.05, 4.69) is 0 Å². The summed E-state index contributed by atoms with van der Waals surface area (Å²) >= 11 is 0. The Bertz CT molecular complexity index is 767. The van der Waals surface area contributed by atoms with Gasteiger partial charge in [0.15, 0.2) is 0 Å². The molecule has 0 bridgehead atoms. The van der Waals surface area contributed by atoms with Crippen molar-refractivity contribution in [3.05, 3.63) is 42.0 Å². The van der Waals surface area contributed by atoms with Crippen LogP contribution in [0.5, 0.6) is 5.75 Å². The van der Waals surface area contributed by atoms with E-state index in [-0.39, 0.29) is 18.4 Å². The Hall–Kier alpha value is -2.89. The van der Waals surface area contributed by atoms with Crippen molar-refractivity contribution in [3.8, 4) is 5.75 Å². The van der Waals surface area contributed by atoms with E-state index in [1.807, 2.05) is 24.3 Å². The van der Waals surface area contributed by atoms with Crippen molar-refractivity contribution in [1.29, 1.82) is 0 Å². The highest BCUT2D eigenvalue weighted by atomic mass is 16.7. The third-order valence-corrected chi connectivity index (χ3v) is 3.47. The van der Waals surface area contributed by atoms with Crippen LogP contribution >= 0.6 is 0 Å². The van der Waals surface area contributed by atoms with E-state index in [9.17, 15) is 14.4 Å². The molecule has 0 N–H and O–H groups in total. The summed E-state index contributed by atoms with van der Waals surface area (Å²) < 4.78 is 5.20. The lowest BCUT2D eigenvalue weighted by Crippen LogP contribution is -2.32. The lowest BCUT2D eigenvalue weighted by molar-refractivity contribution is -0.172. The minimum Gasteiger partial charge on any atom is -0.496 e. The number of imide groups is 1. The second-order valence-corrected chi connectivity index (χ2v) is 4.86. The molecule has 6 nitrogen and oxygen atoms in total. The summed E-state index contributed by atoms with van der Waals surface area (Å²) in [4.78, 5) is 40.2. The number of hydrogen-bond donors (Lipinski definition) is 0. The highest BCUT2D eigenvalue weighted by Gasteiger charge is 2.33. The first kappa shape index (κ1) is 14.1. The molecule has 6 heteroatoms. The third-order valence-electron chi connectivity index (χ3n) is 3.47. The van der Waals surface area contributed by atoms with E-state index in [4.69, 9.17) is 9.57 Å². The molecular weight excluding hydrogens is 286 g/mol. The van der Waals surface area contributed by atoms with Crippen LogP contribution in [0.2, 0.25) is 0 Å². The number of ether oxygens (including phenoxy) is 1. The Morgan fingerprint density at radius 1 is 1.05 bits per heavy atom. The molecule has 0 aromatic heterocycles. The summed E-state index contributed by atoms with van der Waals surface area (Å²) in [5, 5.41) is 2.26. The molecule has 22 heavy (non-hydrogen) atoms. The largest absolute Gasteiger partial charge is 0.496 e. The number of hydrogen-bond acceptors (Lipinski definition) is 5. The van der Waals surface area contributed by atoms with Crippen molar-refractivity contribution >= 4 is 28.6 Å². The van der Waals surface area contributed by atoms with Crippen molar-refractivity contribution in [3.63, 3.8) is 0 Å². The number of benzene rings is 2. The molecule has 2 aromatic carbocycles. The minimum atomic E-state index is -0.800. The molecule has 2 aromatic rings. The molecular formula is C16H13NO5. The maximum absolute atomic E-state index is 12.3. The zero-order valence-corrected chi connectivity index (χ0v) is 11.9. The first-order chi connectivity index (χ1) is 10.6. The van der Waals surface area contributed by atoms with Crippen LogP contribution in [0.3, 0.4) is 0 Å². The average molecular weight is 299 g/mol. The Labute approximate surface area is 126 Å². The van der Waals surface area contributed by atoms with E-state index in [0.717, 1.165) is 10.8 Å². The van der Waals surface area contributed by atoms with Gasteiger partial charge < -0.3 is 9.57 Å². The molecule has 1 aliphatic heterocycles. The molecule has 112 valence electrons. The molecule has 0 saturated carbocycles. The summed E-state index contributed by atoms with van der Waals surface area (Å²) in [6.45, 7) is 0. The van der Waals surface area contributed by atoms with Gasteiger partial charge >= 0.3 is 5.97 Å². The number of amides is 2.